The van der Waals surface area contributed by atoms with Crippen molar-refractivity contribution in [1.82, 2.24) is 0 Å². The normalized spacial score (nSPS) is 14.5. The van der Waals surface area contributed by atoms with Crippen molar-refractivity contribution in [2.24, 2.45) is 0 Å². The lowest BCUT2D eigenvalue weighted by Crippen LogP contribution is -1.91. The van der Waals surface area contributed by atoms with Crippen LogP contribution in [0.3, 0.4) is 0 Å². The summed E-state index contributed by atoms with van der Waals surface area (Å²) in [5.74, 6) is 1.16. The predicted octanol–water partition coefficient (Wildman–Crippen LogP) is 1.67. The SMILES string of the molecule is CSCC(C)S. The van der Waals surface area contributed by atoms with Gasteiger partial charge in [0.15, 0.2) is 0 Å². The van der Waals surface area contributed by atoms with Gasteiger partial charge in [0.05, 0.1) is 0 Å². The van der Waals surface area contributed by atoms with E-state index in [-0.39, 0.29) is 0 Å². The molecule has 0 rings (SSSR count). The first-order chi connectivity index (χ1) is 2.77. The maximum atomic E-state index is 4.16. The predicted molar refractivity (Wildman–Crippen MR) is 36.8 cm³/mol. The zero-order valence-corrected chi connectivity index (χ0v) is 5.85. The molecule has 0 aromatic heterocycles. The van der Waals surface area contributed by atoms with E-state index in [9.17, 15) is 0 Å². The number of thioether (sulfide) groups is 1. The lowest BCUT2D eigenvalue weighted by Gasteiger charge is -1.95. The molecule has 0 aliphatic heterocycles. The van der Waals surface area contributed by atoms with E-state index in [0.717, 1.165) is 5.75 Å². The van der Waals surface area contributed by atoms with Crippen LogP contribution in [0.2, 0.25) is 0 Å². The van der Waals surface area contributed by atoms with Crippen molar-refractivity contribution in [3.05, 3.63) is 0 Å². The van der Waals surface area contributed by atoms with Crippen LogP contribution < -0.4 is 0 Å². The van der Waals surface area contributed by atoms with Crippen LogP contribution >= 0.6 is 24.4 Å². The van der Waals surface area contributed by atoms with E-state index >= 15 is 0 Å². The van der Waals surface area contributed by atoms with E-state index in [0.29, 0.717) is 5.25 Å². The third-order valence-electron chi connectivity index (χ3n) is 0.408. The molecule has 38 valence electrons. The fourth-order valence-corrected chi connectivity index (χ4v) is 1.17. The highest BCUT2D eigenvalue weighted by Gasteiger charge is 1.86. The number of hydrogen-bond acceptors (Lipinski definition) is 2. The summed E-state index contributed by atoms with van der Waals surface area (Å²) >= 11 is 5.99. The van der Waals surface area contributed by atoms with Gasteiger partial charge in [-0.2, -0.15) is 24.4 Å². The zero-order valence-electron chi connectivity index (χ0n) is 4.14. The van der Waals surface area contributed by atoms with Crippen molar-refractivity contribution in [1.29, 1.82) is 0 Å². The molecule has 6 heavy (non-hydrogen) atoms. The molecular formula is C4H10S2. The summed E-state index contributed by atoms with van der Waals surface area (Å²) in [4.78, 5) is 0. The van der Waals surface area contributed by atoms with Gasteiger partial charge >= 0.3 is 0 Å². The fraction of sp³-hybridized carbons (Fsp3) is 1.00. The average molecular weight is 122 g/mol. The topological polar surface area (TPSA) is 0 Å². The fourth-order valence-electron chi connectivity index (χ4n) is 0.241. The third-order valence-corrected chi connectivity index (χ3v) is 1.67. The van der Waals surface area contributed by atoms with Gasteiger partial charge in [0.1, 0.15) is 0 Å². The second kappa shape index (κ2) is 3.88. The van der Waals surface area contributed by atoms with Gasteiger partial charge in [0, 0.05) is 11.0 Å². The van der Waals surface area contributed by atoms with E-state index in [1.54, 1.807) is 0 Å². The van der Waals surface area contributed by atoms with Gasteiger partial charge in [-0.25, -0.2) is 0 Å². The van der Waals surface area contributed by atoms with Gasteiger partial charge in [-0.05, 0) is 6.26 Å². The second-order valence-corrected chi connectivity index (χ2v) is 3.10. The number of hydrogen-bond donors (Lipinski definition) is 1. The van der Waals surface area contributed by atoms with Crippen LogP contribution in [-0.2, 0) is 0 Å². The summed E-state index contributed by atoms with van der Waals surface area (Å²) in [7, 11) is 0. The first-order valence-corrected chi connectivity index (χ1v) is 3.85. The molecule has 0 nitrogen and oxygen atoms in total. The Morgan fingerprint density at radius 3 is 2.33 bits per heavy atom. The van der Waals surface area contributed by atoms with E-state index in [2.05, 4.69) is 25.8 Å². The Hall–Kier alpha value is 0.700. The highest BCUT2D eigenvalue weighted by atomic mass is 32.2. The summed E-state index contributed by atoms with van der Waals surface area (Å²) in [5, 5.41) is 0.556. The third kappa shape index (κ3) is 4.70. The Kier molecular flexibility index (Phi) is 4.33. The van der Waals surface area contributed by atoms with Gasteiger partial charge in [0.2, 0.25) is 0 Å². The molecule has 0 saturated heterocycles. The molecule has 0 bridgehead atoms. The minimum atomic E-state index is 0.556. The van der Waals surface area contributed by atoms with Crippen LogP contribution in [0.4, 0.5) is 0 Å². The Balaban J connectivity index is 2.63. The van der Waals surface area contributed by atoms with Crippen LogP contribution in [0.5, 0.6) is 0 Å². The van der Waals surface area contributed by atoms with Gasteiger partial charge in [-0.1, -0.05) is 6.92 Å². The smallest absolute Gasteiger partial charge is 0.00790 e. The molecule has 0 aliphatic carbocycles. The first kappa shape index (κ1) is 6.70. The van der Waals surface area contributed by atoms with Crippen LogP contribution in [0, 0.1) is 0 Å². The Morgan fingerprint density at radius 1 is 1.83 bits per heavy atom. The van der Waals surface area contributed by atoms with Gasteiger partial charge in [0.25, 0.3) is 0 Å². The molecule has 1 unspecified atom stereocenters. The summed E-state index contributed by atoms with van der Waals surface area (Å²) in [6.45, 7) is 2.10. The minimum Gasteiger partial charge on any atom is -0.175 e. The second-order valence-electron chi connectivity index (χ2n) is 1.30. The highest BCUT2D eigenvalue weighted by molar-refractivity contribution is 7.99. The summed E-state index contributed by atoms with van der Waals surface area (Å²) in [6, 6.07) is 0. The molecule has 0 N–H and O–H groups in total. The van der Waals surface area contributed by atoms with Crippen molar-refractivity contribution >= 4 is 24.4 Å². The van der Waals surface area contributed by atoms with Crippen molar-refractivity contribution in [2.75, 3.05) is 12.0 Å². The molecule has 0 radical (unpaired) electrons. The lowest BCUT2D eigenvalue weighted by molar-refractivity contribution is 1.14. The molecular weight excluding hydrogens is 112 g/mol. The zero-order chi connectivity index (χ0) is 4.99. The Morgan fingerprint density at radius 2 is 2.33 bits per heavy atom. The molecule has 0 fully saturated rings. The van der Waals surface area contributed by atoms with Crippen LogP contribution in [0.15, 0.2) is 0 Å². The van der Waals surface area contributed by atoms with Gasteiger partial charge < -0.3 is 0 Å². The molecule has 0 aromatic rings. The standard InChI is InChI=1S/C4H10S2/c1-4(5)3-6-2/h4-5H,3H2,1-2H3. The van der Waals surface area contributed by atoms with E-state index in [4.69, 9.17) is 0 Å². The molecule has 2 heteroatoms. The lowest BCUT2D eigenvalue weighted by atomic mass is 10.6. The maximum absolute atomic E-state index is 4.16. The molecule has 0 heterocycles. The summed E-state index contributed by atoms with van der Waals surface area (Å²) in [6.07, 6.45) is 2.09. The van der Waals surface area contributed by atoms with Gasteiger partial charge in [-0.15, -0.1) is 0 Å². The van der Waals surface area contributed by atoms with E-state index in [1.165, 1.54) is 0 Å². The minimum absolute atomic E-state index is 0.556. The Labute approximate surface area is 49.1 Å². The molecule has 0 spiro atoms. The van der Waals surface area contributed by atoms with E-state index < -0.39 is 0 Å². The Bertz CT molecular complexity index is 26.7. The monoisotopic (exact) mass is 122 g/mol. The number of thiol groups is 1. The quantitative estimate of drug-likeness (QED) is 0.544. The van der Waals surface area contributed by atoms with Crippen LogP contribution in [-0.4, -0.2) is 17.3 Å². The summed E-state index contributed by atoms with van der Waals surface area (Å²) in [5.41, 5.74) is 0. The van der Waals surface area contributed by atoms with Crippen molar-refractivity contribution in [3.63, 3.8) is 0 Å². The average Bonchev–Trinajstić information content (AvgIpc) is 1.35. The molecule has 0 saturated carbocycles. The van der Waals surface area contributed by atoms with Crippen molar-refractivity contribution < 1.29 is 0 Å². The van der Waals surface area contributed by atoms with Gasteiger partial charge in [-0.3, -0.25) is 0 Å². The van der Waals surface area contributed by atoms with Crippen LogP contribution in [0.1, 0.15) is 6.92 Å². The van der Waals surface area contributed by atoms with E-state index in [1.807, 2.05) is 11.8 Å². The summed E-state index contributed by atoms with van der Waals surface area (Å²) < 4.78 is 0. The van der Waals surface area contributed by atoms with Crippen molar-refractivity contribution in [2.45, 2.75) is 12.2 Å². The highest BCUT2D eigenvalue weighted by Crippen LogP contribution is 2.00. The van der Waals surface area contributed by atoms with Crippen LogP contribution in [0.25, 0.3) is 0 Å². The maximum Gasteiger partial charge on any atom is 0.00790 e. The molecule has 0 aromatic carbocycles. The molecule has 0 amide bonds. The molecule has 0 aliphatic rings. The molecule has 1 atom stereocenters. The number of rotatable bonds is 2. The van der Waals surface area contributed by atoms with Crippen molar-refractivity contribution in [3.8, 4) is 0 Å². The largest absolute Gasteiger partial charge is 0.175 e. The first-order valence-electron chi connectivity index (χ1n) is 1.94.